The smallest absolute Gasteiger partial charge is 0.174 e. The van der Waals surface area contributed by atoms with Gasteiger partial charge in [0.25, 0.3) is 0 Å². The van der Waals surface area contributed by atoms with Crippen molar-refractivity contribution in [2.24, 2.45) is 5.73 Å². The standard InChI is InChI=1S/C9H8Br2N2O/c10-7-3-6(5-13)9(8(11)4-7)14-2-1-12/h3-4H,2,5,13H2. The molecule has 0 amide bonds. The lowest BCUT2D eigenvalue weighted by atomic mass is 10.2. The van der Waals surface area contributed by atoms with Crippen LogP contribution in [0.25, 0.3) is 0 Å². The van der Waals surface area contributed by atoms with Crippen molar-refractivity contribution in [3.8, 4) is 11.8 Å². The van der Waals surface area contributed by atoms with Gasteiger partial charge in [-0.1, -0.05) is 15.9 Å². The first-order valence-corrected chi connectivity index (χ1v) is 5.45. The molecule has 0 heterocycles. The van der Waals surface area contributed by atoms with Crippen LogP contribution in [0.2, 0.25) is 0 Å². The topological polar surface area (TPSA) is 59.0 Å². The Morgan fingerprint density at radius 2 is 2.14 bits per heavy atom. The maximum Gasteiger partial charge on any atom is 0.174 e. The minimum Gasteiger partial charge on any atom is -0.477 e. The summed E-state index contributed by atoms with van der Waals surface area (Å²) >= 11 is 6.70. The SMILES string of the molecule is N#CCOc1c(Br)cc(Br)cc1CN. The minimum absolute atomic E-state index is 0.0211. The van der Waals surface area contributed by atoms with Gasteiger partial charge < -0.3 is 10.5 Å². The molecule has 0 saturated carbocycles. The molecule has 0 radical (unpaired) electrons. The molecule has 1 aromatic carbocycles. The monoisotopic (exact) mass is 318 g/mol. The summed E-state index contributed by atoms with van der Waals surface area (Å²) in [7, 11) is 0. The van der Waals surface area contributed by atoms with Crippen molar-refractivity contribution in [2.75, 3.05) is 6.61 Å². The second kappa shape index (κ2) is 5.35. The number of rotatable bonds is 3. The number of nitrogens with zero attached hydrogens (tertiary/aromatic N) is 1. The Kier molecular flexibility index (Phi) is 4.39. The molecule has 0 atom stereocenters. The van der Waals surface area contributed by atoms with Gasteiger partial charge in [-0.05, 0) is 28.1 Å². The van der Waals surface area contributed by atoms with Gasteiger partial charge in [0, 0.05) is 16.6 Å². The summed E-state index contributed by atoms with van der Waals surface area (Å²) in [6.45, 7) is 0.395. The van der Waals surface area contributed by atoms with Crippen LogP contribution < -0.4 is 10.5 Å². The zero-order chi connectivity index (χ0) is 10.6. The predicted molar refractivity (Wildman–Crippen MR) is 60.8 cm³/mol. The molecule has 1 aromatic rings. The summed E-state index contributed by atoms with van der Waals surface area (Å²) < 4.78 is 6.97. The lowest BCUT2D eigenvalue weighted by Gasteiger charge is -2.10. The lowest BCUT2D eigenvalue weighted by Crippen LogP contribution is -2.03. The molecule has 0 saturated heterocycles. The van der Waals surface area contributed by atoms with E-state index >= 15 is 0 Å². The first kappa shape index (κ1) is 11.5. The Balaban J connectivity index is 3.06. The van der Waals surface area contributed by atoms with E-state index < -0.39 is 0 Å². The molecule has 5 heteroatoms. The van der Waals surface area contributed by atoms with Gasteiger partial charge in [0.05, 0.1) is 4.47 Å². The molecule has 0 bridgehead atoms. The van der Waals surface area contributed by atoms with Crippen molar-refractivity contribution >= 4 is 31.9 Å². The lowest BCUT2D eigenvalue weighted by molar-refractivity contribution is 0.361. The van der Waals surface area contributed by atoms with E-state index in [2.05, 4.69) is 31.9 Å². The molecule has 14 heavy (non-hydrogen) atoms. The maximum atomic E-state index is 8.41. The Labute approximate surface area is 99.1 Å². The number of hydrogen-bond acceptors (Lipinski definition) is 3. The van der Waals surface area contributed by atoms with Gasteiger partial charge in [-0.25, -0.2) is 0 Å². The van der Waals surface area contributed by atoms with Gasteiger partial charge >= 0.3 is 0 Å². The molecule has 0 aliphatic heterocycles. The van der Waals surface area contributed by atoms with Crippen LogP contribution in [0, 0.1) is 11.3 Å². The molecule has 0 fully saturated rings. The highest BCUT2D eigenvalue weighted by Gasteiger charge is 2.08. The van der Waals surface area contributed by atoms with Crippen molar-refractivity contribution < 1.29 is 4.74 Å². The Morgan fingerprint density at radius 1 is 1.43 bits per heavy atom. The molecule has 74 valence electrons. The van der Waals surface area contributed by atoms with Crippen LogP contribution in [0.3, 0.4) is 0 Å². The fourth-order valence-corrected chi connectivity index (χ4v) is 2.46. The van der Waals surface area contributed by atoms with Crippen molar-refractivity contribution in [1.29, 1.82) is 5.26 Å². The highest BCUT2D eigenvalue weighted by Crippen LogP contribution is 2.32. The summed E-state index contributed by atoms with van der Waals surface area (Å²) in [4.78, 5) is 0. The number of nitriles is 1. The van der Waals surface area contributed by atoms with Crippen molar-refractivity contribution in [3.63, 3.8) is 0 Å². The molecule has 3 nitrogen and oxygen atoms in total. The first-order valence-electron chi connectivity index (χ1n) is 3.86. The summed E-state index contributed by atoms with van der Waals surface area (Å²) in [6.07, 6.45) is 0. The Morgan fingerprint density at radius 3 is 2.71 bits per heavy atom. The van der Waals surface area contributed by atoms with E-state index in [9.17, 15) is 0 Å². The van der Waals surface area contributed by atoms with Gasteiger partial charge in [0.2, 0.25) is 0 Å². The third kappa shape index (κ3) is 2.71. The van der Waals surface area contributed by atoms with Crippen molar-refractivity contribution in [3.05, 3.63) is 26.6 Å². The van der Waals surface area contributed by atoms with Crippen LogP contribution in [-0.4, -0.2) is 6.61 Å². The van der Waals surface area contributed by atoms with E-state index in [1.54, 1.807) is 0 Å². The van der Waals surface area contributed by atoms with Crippen LogP contribution in [0.5, 0.6) is 5.75 Å². The largest absolute Gasteiger partial charge is 0.477 e. The van der Waals surface area contributed by atoms with Gasteiger partial charge in [0.1, 0.15) is 11.8 Å². The van der Waals surface area contributed by atoms with E-state index in [0.29, 0.717) is 12.3 Å². The normalized spacial score (nSPS) is 9.57. The molecule has 2 N–H and O–H groups in total. The number of benzene rings is 1. The Bertz CT molecular complexity index is 374. The third-order valence-electron chi connectivity index (χ3n) is 1.59. The quantitative estimate of drug-likeness (QED) is 0.931. The molecule has 0 aliphatic carbocycles. The van der Waals surface area contributed by atoms with Crippen molar-refractivity contribution in [1.82, 2.24) is 0 Å². The average molecular weight is 320 g/mol. The molecule has 0 aliphatic rings. The van der Waals surface area contributed by atoms with Gasteiger partial charge in [-0.2, -0.15) is 5.26 Å². The van der Waals surface area contributed by atoms with Gasteiger partial charge in [0.15, 0.2) is 6.61 Å². The van der Waals surface area contributed by atoms with Crippen molar-refractivity contribution in [2.45, 2.75) is 6.54 Å². The van der Waals surface area contributed by atoms with Crippen LogP contribution in [0.1, 0.15) is 5.56 Å². The Hall–Kier alpha value is -0.570. The highest BCUT2D eigenvalue weighted by atomic mass is 79.9. The summed E-state index contributed by atoms with van der Waals surface area (Å²) in [5, 5.41) is 8.41. The van der Waals surface area contributed by atoms with Crippen LogP contribution in [0.15, 0.2) is 21.1 Å². The van der Waals surface area contributed by atoms with Gasteiger partial charge in [-0.15, -0.1) is 0 Å². The van der Waals surface area contributed by atoms with Crippen LogP contribution >= 0.6 is 31.9 Å². The number of halogens is 2. The second-order valence-electron chi connectivity index (χ2n) is 2.53. The van der Waals surface area contributed by atoms with Gasteiger partial charge in [-0.3, -0.25) is 0 Å². The first-order chi connectivity index (χ1) is 6.69. The third-order valence-corrected chi connectivity index (χ3v) is 2.63. The molecule has 1 rings (SSSR count). The maximum absolute atomic E-state index is 8.41. The summed E-state index contributed by atoms with van der Waals surface area (Å²) in [6, 6.07) is 5.64. The fourth-order valence-electron chi connectivity index (χ4n) is 1.03. The van der Waals surface area contributed by atoms with Crippen LogP contribution in [0.4, 0.5) is 0 Å². The minimum atomic E-state index is 0.0211. The van der Waals surface area contributed by atoms with E-state index in [4.69, 9.17) is 15.7 Å². The summed E-state index contributed by atoms with van der Waals surface area (Å²) in [5.41, 5.74) is 6.42. The van der Waals surface area contributed by atoms with E-state index in [0.717, 1.165) is 14.5 Å². The summed E-state index contributed by atoms with van der Waals surface area (Å²) in [5.74, 6) is 0.636. The number of hydrogen-bond donors (Lipinski definition) is 1. The molecule has 0 spiro atoms. The van der Waals surface area contributed by atoms with Crippen LogP contribution in [-0.2, 0) is 6.54 Å². The zero-order valence-corrected chi connectivity index (χ0v) is 10.4. The zero-order valence-electron chi connectivity index (χ0n) is 7.26. The molecular weight excluding hydrogens is 312 g/mol. The van der Waals surface area contributed by atoms with E-state index in [1.807, 2.05) is 18.2 Å². The molecular formula is C9H8Br2N2O. The number of ether oxygens (including phenoxy) is 1. The highest BCUT2D eigenvalue weighted by molar-refractivity contribution is 9.11. The predicted octanol–water partition coefficient (Wildman–Crippen LogP) is 2.57. The average Bonchev–Trinajstić information content (AvgIpc) is 2.15. The number of nitrogens with two attached hydrogens (primary N) is 1. The molecule has 0 aromatic heterocycles. The molecule has 0 unspecified atom stereocenters. The van der Waals surface area contributed by atoms with E-state index in [1.165, 1.54) is 0 Å². The fraction of sp³-hybridized carbons (Fsp3) is 0.222. The second-order valence-corrected chi connectivity index (χ2v) is 4.30. The van der Waals surface area contributed by atoms with E-state index in [-0.39, 0.29) is 6.61 Å².